The maximum atomic E-state index is 12.9. The molecule has 0 radical (unpaired) electrons. The summed E-state index contributed by atoms with van der Waals surface area (Å²) in [5.74, 6) is 1.27. The molecule has 134 valence electrons. The van der Waals surface area contributed by atoms with Crippen LogP contribution in [0.5, 0.6) is 0 Å². The first-order valence-corrected chi connectivity index (χ1v) is 8.97. The minimum absolute atomic E-state index is 0.0350. The third kappa shape index (κ3) is 3.14. The molecule has 6 nitrogen and oxygen atoms in total. The fourth-order valence-corrected chi connectivity index (χ4v) is 3.66. The average Bonchev–Trinajstić information content (AvgIpc) is 3.28. The first-order valence-electron chi connectivity index (χ1n) is 8.97. The third-order valence-electron chi connectivity index (χ3n) is 5.10. The maximum Gasteiger partial charge on any atom is 0.226 e. The highest BCUT2D eigenvalue weighted by atomic mass is 16.2. The van der Waals surface area contributed by atoms with Gasteiger partial charge in [0, 0.05) is 56.1 Å². The summed E-state index contributed by atoms with van der Waals surface area (Å²) >= 11 is 0. The Morgan fingerprint density at radius 1 is 1.27 bits per heavy atom. The summed E-state index contributed by atoms with van der Waals surface area (Å²) in [5.41, 5.74) is 3.21. The molecule has 1 aromatic carbocycles. The molecular weight excluding hydrogens is 326 g/mol. The van der Waals surface area contributed by atoms with E-state index in [0.717, 1.165) is 42.2 Å². The molecule has 0 spiro atoms. The van der Waals surface area contributed by atoms with Crippen LogP contribution in [-0.4, -0.2) is 37.2 Å². The van der Waals surface area contributed by atoms with Crippen molar-refractivity contribution in [2.45, 2.75) is 32.9 Å². The van der Waals surface area contributed by atoms with E-state index >= 15 is 0 Å². The molecule has 1 amide bonds. The first-order chi connectivity index (χ1) is 12.6. The first kappa shape index (κ1) is 16.6. The van der Waals surface area contributed by atoms with Crippen molar-refractivity contribution in [3.8, 4) is 5.69 Å². The Morgan fingerprint density at radius 3 is 2.88 bits per heavy atom. The van der Waals surface area contributed by atoms with Gasteiger partial charge in [0.1, 0.15) is 5.82 Å². The predicted octanol–water partition coefficient (Wildman–Crippen LogP) is 2.60. The lowest BCUT2D eigenvalue weighted by Crippen LogP contribution is -2.36. The van der Waals surface area contributed by atoms with E-state index in [4.69, 9.17) is 0 Å². The Hall–Kier alpha value is -2.89. The lowest BCUT2D eigenvalue weighted by Gasteiger charge is -2.27. The number of fused-ring (bicyclic) bond motifs is 1. The normalized spacial score (nSPS) is 16.3. The van der Waals surface area contributed by atoms with Crippen molar-refractivity contribution in [3.63, 3.8) is 0 Å². The monoisotopic (exact) mass is 349 g/mol. The van der Waals surface area contributed by atoms with Crippen molar-refractivity contribution in [3.05, 3.63) is 66.0 Å². The molecule has 6 heteroatoms. The third-order valence-corrected chi connectivity index (χ3v) is 5.10. The van der Waals surface area contributed by atoms with Gasteiger partial charge in [-0.3, -0.25) is 4.79 Å². The van der Waals surface area contributed by atoms with Gasteiger partial charge < -0.3 is 9.47 Å². The van der Waals surface area contributed by atoms with E-state index in [1.807, 2.05) is 72.5 Å². The zero-order chi connectivity index (χ0) is 18.1. The molecule has 1 aliphatic rings. The van der Waals surface area contributed by atoms with Gasteiger partial charge in [0.05, 0.1) is 11.9 Å². The van der Waals surface area contributed by atoms with Gasteiger partial charge in [-0.05, 0) is 25.5 Å². The molecule has 0 saturated carbocycles. The number of aryl methyl sites for hydroxylation is 1. The summed E-state index contributed by atoms with van der Waals surface area (Å²) in [7, 11) is 1.87. The molecule has 0 aliphatic carbocycles. The van der Waals surface area contributed by atoms with Crippen molar-refractivity contribution in [1.82, 2.24) is 24.2 Å². The Bertz CT molecular complexity index is 911. The highest BCUT2D eigenvalue weighted by Gasteiger charge is 2.28. The predicted molar refractivity (Wildman–Crippen MR) is 98.8 cm³/mol. The second-order valence-corrected chi connectivity index (χ2v) is 6.96. The number of amides is 1. The molecule has 0 saturated heterocycles. The van der Waals surface area contributed by atoms with Crippen LogP contribution in [0.1, 0.15) is 23.5 Å². The fraction of sp³-hybridized carbons (Fsp3) is 0.350. The van der Waals surface area contributed by atoms with E-state index in [1.54, 1.807) is 0 Å². The van der Waals surface area contributed by atoms with E-state index in [2.05, 4.69) is 14.6 Å². The molecular formula is C20H23N5O. The number of rotatable bonds is 4. The number of hydrogen-bond donors (Lipinski definition) is 0. The van der Waals surface area contributed by atoms with Gasteiger partial charge in [-0.2, -0.15) is 5.10 Å². The van der Waals surface area contributed by atoms with Crippen LogP contribution in [0.2, 0.25) is 0 Å². The Balaban J connectivity index is 1.41. The Labute approximate surface area is 153 Å². The van der Waals surface area contributed by atoms with Crippen LogP contribution >= 0.6 is 0 Å². The Kier molecular flexibility index (Phi) is 4.32. The van der Waals surface area contributed by atoms with Gasteiger partial charge in [-0.25, -0.2) is 9.67 Å². The van der Waals surface area contributed by atoms with Gasteiger partial charge in [-0.15, -0.1) is 0 Å². The second kappa shape index (κ2) is 6.78. The number of carbonyl (C=O) groups excluding carboxylic acids is 1. The van der Waals surface area contributed by atoms with E-state index in [0.29, 0.717) is 6.54 Å². The summed E-state index contributed by atoms with van der Waals surface area (Å²) in [5, 5.41) is 4.41. The van der Waals surface area contributed by atoms with Crippen LogP contribution in [0.3, 0.4) is 0 Å². The maximum absolute atomic E-state index is 12.9. The van der Waals surface area contributed by atoms with Crippen LogP contribution < -0.4 is 0 Å². The van der Waals surface area contributed by atoms with Crippen LogP contribution in [0.25, 0.3) is 5.69 Å². The van der Waals surface area contributed by atoms with Crippen molar-refractivity contribution in [2.24, 2.45) is 5.92 Å². The van der Waals surface area contributed by atoms with E-state index in [9.17, 15) is 4.79 Å². The van der Waals surface area contributed by atoms with Crippen LogP contribution in [0.4, 0.5) is 0 Å². The Morgan fingerprint density at radius 2 is 2.08 bits per heavy atom. The number of imidazole rings is 1. The molecule has 1 unspecified atom stereocenters. The van der Waals surface area contributed by atoms with Gasteiger partial charge in [0.2, 0.25) is 5.91 Å². The molecule has 2 aromatic heterocycles. The minimum Gasteiger partial charge on any atom is -0.341 e. The number of hydrogen-bond acceptors (Lipinski definition) is 3. The van der Waals surface area contributed by atoms with Crippen LogP contribution in [-0.2, 0) is 24.3 Å². The SMILES string of the molecule is Cc1ncc2n1CCC(C(=O)N(C)Cc1cnn(-c3ccccc3)c1)C2. The van der Waals surface area contributed by atoms with Gasteiger partial charge >= 0.3 is 0 Å². The molecule has 0 fully saturated rings. The number of carbonyl (C=O) groups is 1. The van der Waals surface area contributed by atoms with E-state index in [-0.39, 0.29) is 11.8 Å². The molecule has 0 bridgehead atoms. The summed E-state index contributed by atoms with van der Waals surface area (Å²) < 4.78 is 4.06. The molecule has 1 aliphatic heterocycles. The molecule has 4 rings (SSSR count). The fourth-order valence-electron chi connectivity index (χ4n) is 3.66. The van der Waals surface area contributed by atoms with E-state index < -0.39 is 0 Å². The van der Waals surface area contributed by atoms with Crippen LogP contribution in [0, 0.1) is 12.8 Å². The van der Waals surface area contributed by atoms with Crippen molar-refractivity contribution < 1.29 is 4.79 Å². The van der Waals surface area contributed by atoms with Crippen molar-refractivity contribution >= 4 is 5.91 Å². The largest absolute Gasteiger partial charge is 0.341 e. The average molecular weight is 349 g/mol. The lowest BCUT2D eigenvalue weighted by molar-refractivity contribution is -0.135. The van der Waals surface area contributed by atoms with Gasteiger partial charge in [0.15, 0.2) is 0 Å². The molecule has 0 N–H and O–H groups in total. The molecule has 1 atom stereocenters. The zero-order valence-corrected chi connectivity index (χ0v) is 15.2. The number of nitrogens with zero attached hydrogens (tertiary/aromatic N) is 5. The van der Waals surface area contributed by atoms with Crippen molar-refractivity contribution in [1.29, 1.82) is 0 Å². The standard InChI is InChI=1S/C20H23N5O/c1-15-21-12-19-10-17(8-9-24(15)19)20(26)23(2)13-16-11-22-25(14-16)18-6-4-3-5-7-18/h3-7,11-12,14,17H,8-10,13H2,1-2H3. The lowest BCUT2D eigenvalue weighted by atomic mass is 9.94. The quantitative estimate of drug-likeness (QED) is 0.727. The molecule has 26 heavy (non-hydrogen) atoms. The molecule has 3 aromatic rings. The topological polar surface area (TPSA) is 56.0 Å². The highest BCUT2D eigenvalue weighted by Crippen LogP contribution is 2.23. The molecule has 3 heterocycles. The van der Waals surface area contributed by atoms with Crippen LogP contribution in [0.15, 0.2) is 48.9 Å². The van der Waals surface area contributed by atoms with Gasteiger partial charge in [-0.1, -0.05) is 18.2 Å². The van der Waals surface area contributed by atoms with Gasteiger partial charge in [0.25, 0.3) is 0 Å². The van der Waals surface area contributed by atoms with E-state index in [1.165, 1.54) is 0 Å². The minimum atomic E-state index is 0.0350. The highest BCUT2D eigenvalue weighted by molar-refractivity contribution is 5.79. The van der Waals surface area contributed by atoms with Crippen molar-refractivity contribution in [2.75, 3.05) is 7.05 Å². The number of aromatic nitrogens is 4. The summed E-state index contributed by atoms with van der Waals surface area (Å²) in [6.07, 6.45) is 7.36. The smallest absolute Gasteiger partial charge is 0.226 e. The second-order valence-electron chi connectivity index (χ2n) is 6.96. The summed E-state index contributed by atoms with van der Waals surface area (Å²) in [6.45, 7) is 3.46. The summed E-state index contributed by atoms with van der Waals surface area (Å²) in [4.78, 5) is 19.0. The summed E-state index contributed by atoms with van der Waals surface area (Å²) in [6, 6.07) is 9.99. The zero-order valence-electron chi connectivity index (χ0n) is 15.2. The number of para-hydroxylation sites is 1. The number of benzene rings is 1.